The summed E-state index contributed by atoms with van der Waals surface area (Å²) >= 11 is 5.74. The summed E-state index contributed by atoms with van der Waals surface area (Å²) in [5, 5.41) is 0.175. The van der Waals surface area contributed by atoms with Crippen LogP contribution in [0.5, 0.6) is 0 Å². The van der Waals surface area contributed by atoms with E-state index in [-0.39, 0.29) is 28.7 Å². The summed E-state index contributed by atoms with van der Waals surface area (Å²) in [6, 6.07) is 4.83. The van der Waals surface area contributed by atoms with Crippen LogP contribution in [0.4, 0.5) is 4.39 Å². The molecule has 0 aliphatic carbocycles. The van der Waals surface area contributed by atoms with Gasteiger partial charge >= 0.3 is 0 Å². The monoisotopic (exact) mass is 294 g/mol. The van der Waals surface area contributed by atoms with Gasteiger partial charge in [0, 0.05) is 13.1 Å². The van der Waals surface area contributed by atoms with E-state index >= 15 is 0 Å². The van der Waals surface area contributed by atoms with Gasteiger partial charge in [0.05, 0.1) is 5.02 Å². The molecule has 0 saturated carbocycles. The van der Waals surface area contributed by atoms with Gasteiger partial charge in [-0.3, -0.25) is 0 Å². The molecule has 104 valence electrons. The van der Waals surface area contributed by atoms with E-state index in [1.807, 2.05) is 7.05 Å². The molecule has 1 rings (SSSR count). The van der Waals surface area contributed by atoms with Gasteiger partial charge in [-0.25, -0.2) is 4.39 Å². The SMILES string of the molecule is CN(Cc1ccc(F)c(Cl)c1)CC(C)(C)CN.Cl. The maximum atomic E-state index is 13.0. The molecule has 2 N–H and O–H groups in total. The third-order valence-electron chi connectivity index (χ3n) is 2.69. The number of nitrogens with zero attached hydrogens (tertiary/aromatic N) is 1. The number of nitrogens with two attached hydrogens (primary N) is 1. The van der Waals surface area contributed by atoms with Crippen LogP contribution in [0, 0.1) is 11.2 Å². The highest BCUT2D eigenvalue weighted by Gasteiger charge is 2.18. The van der Waals surface area contributed by atoms with Crippen molar-refractivity contribution in [3.8, 4) is 0 Å². The van der Waals surface area contributed by atoms with Crippen molar-refractivity contribution in [3.05, 3.63) is 34.6 Å². The van der Waals surface area contributed by atoms with Gasteiger partial charge in [-0.05, 0) is 36.7 Å². The van der Waals surface area contributed by atoms with Crippen LogP contribution in [0.1, 0.15) is 19.4 Å². The first kappa shape index (κ1) is 17.6. The Morgan fingerprint density at radius 3 is 2.50 bits per heavy atom. The number of hydrogen-bond donors (Lipinski definition) is 1. The lowest BCUT2D eigenvalue weighted by Crippen LogP contribution is -2.36. The molecule has 0 aromatic heterocycles. The van der Waals surface area contributed by atoms with Gasteiger partial charge < -0.3 is 10.6 Å². The third-order valence-corrected chi connectivity index (χ3v) is 2.98. The molecule has 1 aromatic carbocycles. The predicted octanol–water partition coefficient (Wildman–Crippen LogP) is 3.32. The van der Waals surface area contributed by atoms with Crippen LogP contribution in [0.2, 0.25) is 5.02 Å². The standard InChI is InChI=1S/C13H20ClFN2.ClH/c1-13(2,8-16)9-17(3)7-10-4-5-12(15)11(14)6-10;/h4-6H,7-9,16H2,1-3H3;1H. The van der Waals surface area contributed by atoms with Gasteiger partial charge in [0.15, 0.2) is 0 Å². The molecule has 0 unspecified atom stereocenters. The van der Waals surface area contributed by atoms with Crippen molar-refractivity contribution in [2.75, 3.05) is 20.1 Å². The molecule has 1 aromatic rings. The van der Waals surface area contributed by atoms with Gasteiger partial charge in [-0.1, -0.05) is 31.5 Å². The number of rotatable bonds is 5. The van der Waals surface area contributed by atoms with Crippen molar-refractivity contribution in [1.29, 1.82) is 0 Å². The highest BCUT2D eigenvalue weighted by atomic mass is 35.5. The first-order valence-corrected chi connectivity index (χ1v) is 6.04. The number of hydrogen-bond acceptors (Lipinski definition) is 2. The van der Waals surface area contributed by atoms with E-state index in [0.29, 0.717) is 6.54 Å². The minimum absolute atomic E-state index is 0. The van der Waals surface area contributed by atoms with Crippen LogP contribution in [0.3, 0.4) is 0 Å². The molecule has 0 saturated heterocycles. The van der Waals surface area contributed by atoms with Gasteiger partial charge in [-0.15, -0.1) is 12.4 Å². The fourth-order valence-electron chi connectivity index (χ4n) is 1.80. The van der Waals surface area contributed by atoms with Crippen molar-refractivity contribution in [2.45, 2.75) is 20.4 Å². The first-order valence-electron chi connectivity index (χ1n) is 5.66. The van der Waals surface area contributed by atoms with Crippen LogP contribution in [0.25, 0.3) is 0 Å². The van der Waals surface area contributed by atoms with E-state index in [0.717, 1.165) is 18.7 Å². The van der Waals surface area contributed by atoms with Gasteiger partial charge in [-0.2, -0.15) is 0 Å². The lowest BCUT2D eigenvalue weighted by atomic mass is 9.93. The van der Waals surface area contributed by atoms with Gasteiger partial charge in [0.2, 0.25) is 0 Å². The first-order chi connectivity index (χ1) is 7.84. The Balaban J connectivity index is 0.00000289. The molecular weight excluding hydrogens is 274 g/mol. The van der Waals surface area contributed by atoms with Crippen molar-refractivity contribution in [3.63, 3.8) is 0 Å². The summed E-state index contributed by atoms with van der Waals surface area (Å²) in [5.41, 5.74) is 6.78. The van der Waals surface area contributed by atoms with E-state index in [1.165, 1.54) is 6.07 Å². The largest absolute Gasteiger partial charge is 0.330 e. The van der Waals surface area contributed by atoms with Crippen LogP contribution in [-0.2, 0) is 6.54 Å². The Hall–Kier alpha value is -0.350. The van der Waals surface area contributed by atoms with Crippen LogP contribution in [-0.4, -0.2) is 25.0 Å². The van der Waals surface area contributed by atoms with E-state index in [1.54, 1.807) is 12.1 Å². The lowest BCUT2D eigenvalue weighted by Gasteiger charge is -2.29. The zero-order chi connectivity index (χ0) is 13.1. The molecule has 0 bridgehead atoms. The zero-order valence-electron chi connectivity index (χ0n) is 11.0. The van der Waals surface area contributed by atoms with Crippen LogP contribution in [0.15, 0.2) is 18.2 Å². The van der Waals surface area contributed by atoms with E-state index in [2.05, 4.69) is 18.7 Å². The number of benzene rings is 1. The highest BCUT2D eigenvalue weighted by Crippen LogP contribution is 2.19. The highest BCUT2D eigenvalue weighted by molar-refractivity contribution is 6.30. The fourth-order valence-corrected chi connectivity index (χ4v) is 2.00. The van der Waals surface area contributed by atoms with Gasteiger partial charge in [0.25, 0.3) is 0 Å². The maximum Gasteiger partial charge on any atom is 0.141 e. The molecule has 0 amide bonds. The van der Waals surface area contributed by atoms with Crippen molar-refractivity contribution < 1.29 is 4.39 Å². The molecule has 0 aliphatic heterocycles. The lowest BCUT2D eigenvalue weighted by molar-refractivity contribution is 0.210. The minimum Gasteiger partial charge on any atom is -0.330 e. The summed E-state index contributed by atoms with van der Waals surface area (Å²) in [4.78, 5) is 2.16. The molecule has 18 heavy (non-hydrogen) atoms. The average molecular weight is 295 g/mol. The second kappa shape index (κ2) is 7.29. The molecule has 0 atom stereocenters. The minimum atomic E-state index is -0.375. The summed E-state index contributed by atoms with van der Waals surface area (Å²) < 4.78 is 13.0. The Bertz CT molecular complexity index is 383. The van der Waals surface area contributed by atoms with Crippen LogP contribution < -0.4 is 5.73 Å². The van der Waals surface area contributed by atoms with Crippen LogP contribution >= 0.6 is 24.0 Å². The Morgan fingerprint density at radius 2 is 2.00 bits per heavy atom. The molecular formula is C13H21Cl2FN2. The second-order valence-electron chi connectivity index (χ2n) is 5.29. The molecule has 2 nitrogen and oxygen atoms in total. The smallest absolute Gasteiger partial charge is 0.141 e. The van der Waals surface area contributed by atoms with Gasteiger partial charge in [0.1, 0.15) is 5.82 Å². The van der Waals surface area contributed by atoms with Crippen molar-refractivity contribution in [1.82, 2.24) is 4.90 Å². The molecule has 5 heteroatoms. The summed E-state index contributed by atoms with van der Waals surface area (Å²) in [5.74, 6) is -0.375. The molecule has 0 radical (unpaired) electrons. The summed E-state index contributed by atoms with van der Waals surface area (Å²) in [6.45, 7) is 6.52. The molecule has 0 spiro atoms. The second-order valence-corrected chi connectivity index (χ2v) is 5.70. The van der Waals surface area contributed by atoms with E-state index in [4.69, 9.17) is 17.3 Å². The topological polar surface area (TPSA) is 29.3 Å². The number of halogens is 3. The Morgan fingerprint density at radius 1 is 1.39 bits per heavy atom. The summed E-state index contributed by atoms with van der Waals surface area (Å²) in [6.07, 6.45) is 0. The van der Waals surface area contributed by atoms with Crippen molar-refractivity contribution in [2.24, 2.45) is 11.1 Å². The molecule has 0 aliphatic rings. The quantitative estimate of drug-likeness (QED) is 0.903. The maximum absolute atomic E-state index is 13.0. The normalized spacial score (nSPS) is 11.5. The summed E-state index contributed by atoms with van der Waals surface area (Å²) in [7, 11) is 2.02. The Labute approximate surface area is 120 Å². The zero-order valence-corrected chi connectivity index (χ0v) is 12.6. The van der Waals surface area contributed by atoms with Crippen molar-refractivity contribution >= 4 is 24.0 Å². The predicted molar refractivity (Wildman–Crippen MR) is 77.8 cm³/mol. The third kappa shape index (κ3) is 5.53. The molecule has 0 heterocycles. The Kier molecular flexibility index (Phi) is 7.15. The molecule has 0 fully saturated rings. The van der Waals surface area contributed by atoms with E-state index in [9.17, 15) is 4.39 Å². The fraction of sp³-hybridized carbons (Fsp3) is 0.538. The average Bonchev–Trinajstić information content (AvgIpc) is 2.23. The van der Waals surface area contributed by atoms with E-state index < -0.39 is 0 Å².